The second-order valence-corrected chi connectivity index (χ2v) is 9.18. The lowest BCUT2D eigenvalue weighted by Crippen LogP contribution is -2.44. The molecule has 29 heavy (non-hydrogen) atoms. The van der Waals surface area contributed by atoms with Crippen molar-refractivity contribution in [2.24, 2.45) is 5.41 Å². The van der Waals surface area contributed by atoms with Gasteiger partial charge in [0.05, 0.1) is 5.69 Å². The van der Waals surface area contributed by atoms with Gasteiger partial charge in [0.15, 0.2) is 5.78 Å². The van der Waals surface area contributed by atoms with Gasteiger partial charge < -0.3 is 0 Å². The topological polar surface area (TPSA) is 37.4 Å². The molecule has 4 rings (SSSR count). The zero-order valence-corrected chi connectivity index (χ0v) is 17.8. The van der Waals surface area contributed by atoms with E-state index in [4.69, 9.17) is 0 Å². The van der Waals surface area contributed by atoms with Gasteiger partial charge in [0.1, 0.15) is 0 Å². The van der Waals surface area contributed by atoms with Crippen molar-refractivity contribution < 1.29 is 9.59 Å². The molecule has 1 aliphatic heterocycles. The van der Waals surface area contributed by atoms with Crippen molar-refractivity contribution in [3.63, 3.8) is 0 Å². The van der Waals surface area contributed by atoms with Crippen LogP contribution < -0.4 is 4.90 Å². The van der Waals surface area contributed by atoms with Crippen LogP contribution in [0.4, 0.5) is 5.69 Å². The Morgan fingerprint density at radius 1 is 1.00 bits per heavy atom. The van der Waals surface area contributed by atoms with Crippen molar-refractivity contribution in [3.05, 3.63) is 76.5 Å². The normalized spacial score (nSPS) is 21.4. The van der Waals surface area contributed by atoms with Gasteiger partial charge in [0.25, 0.3) is 0 Å². The Morgan fingerprint density at radius 2 is 1.69 bits per heavy atom. The number of nitrogens with zero attached hydrogens (tertiary/aromatic N) is 1. The number of carbonyl (C=O) groups excluding carboxylic acids is 2. The molecule has 0 spiro atoms. The molecule has 150 valence electrons. The summed E-state index contributed by atoms with van der Waals surface area (Å²) in [5.41, 5.74) is 5.92. The van der Waals surface area contributed by atoms with Gasteiger partial charge in [-0.15, -0.1) is 0 Å². The maximum Gasteiger partial charge on any atom is 0.232 e. The Morgan fingerprint density at radius 3 is 2.38 bits per heavy atom. The number of hydrogen-bond acceptors (Lipinski definition) is 2. The number of allylic oxidation sites excluding steroid dienone is 2. The lowest BCUT2D eigenvalue weighted by atomic mass is 9.69. The molecule has 3 nitrogen and oxygen atoms in total. The highest BCUT2D eigenvalue weighted by molar-refractivity contribution is 6.08. The van der Waals surface area contributed by atoms with Gasteiger partial charge >= 0.3 is 0 Å². The van der Waals surface area contributed by atoms with Crippen molar-refractivity contribution >= 4 is 17.4 Å². The summed E-state index contributed by atoms with van der Waals surface area (Å²) in [5.74, 6) is 0.126. The average molecular weight is 388 g/mol. The third-order valence-electron chi connectivity index (χ3n) is 6.24. The van der Waals surface area contributed by atoms with Crippen molar-refractivity contribution in [2.45, 2.75) is 59.3 Å². The lowest BCUT2D eigenvalue weighted by Gasteiger charge is -2.43. The molecule has 1 unspecified atom stereocenters. The summed E-state index contributed by atoms with van der Waals surface area (Å²) in [5, 5.41) is 0. The molecule has 3 heteroatoms. The molecule has 0 saturated carbocycles. The number of benzene rings is 2. The number of para-hydroxylation sites is 1. The van der Waals surface area contributed by atoms with Crippen molar-refractivity contribution in [3.8, 4) is 0 Å². The zero-order chi connectivity index (χ0) is 20.8. The summed E-state index contributed by atoms with van der Waals surface area (Å²) in [4.78, 5) is 28.7. The van der Waals surface area contributed by atoms with Crippen LogP contribution in [0.15, 0.2) is 59.8 Å². The predicted octanol–water partition coefficient (Wildman–Crippen LogP) is 5.72. The van der Waals surface area contributed by atoms with Gasteiger partial charge in [0.2, 0.25) is 5.91 Å². The molecule has 0 bridgehead atoms. The number of anilines is 1. The summed E-state index contributed by atoms with van der Waals surface area (Å²) >= 11 is 0. The molecule has 2 aromatic rings. The van der Waals surface area contributed by atoms with E-state index >= 15 is 0 Å². The molecule has 1 amide bonds. The number of rotatable bonds is 3. The van der Waals surface area contributed by atoms with Crippen LogP contribution in [0.5, 0.6) is 0 Å². The lowest BCUT2D eigenvalue weighted by molar-refractivity contribution is -0.121. The molecule has 0 aromatic heterocycles. The minimum atomic E-state index is -0.148. The van der Waals surface area contributed by atoms with E-state index in [0.717, 1.165) is 40.9 Å². The Kier molecular flexibility index (Phi) is 4.94. The highest BCUT2D eigenvalue weighted by Gasteiger charge is 2.44. The van der Waals surface area contributed by atoms with Crippen molar-refractivity contribution in [2.75, 3.05) is 4.90 Å². The van der Waals surface area contributed by atoms with Crippen molar-refractivity contribution in [1.29, 1.82) is 0 Å². The van der Waals surface area contributed by atoms with Crippen LogP contribution in [0, 0.1) is 12.3 Å². The monoisotopic (exact) mass is 387 g/mol. The second kappa shape index (κ2) is 7.29. The quantitative estimate of drug-likeness (QED) is 0.675. The average Bonchev–Trinajstić information content (AvgIpc) is 2.67. The fourth-order valence-corrected chi connectivity index (χ4v) is 4.81. The molecule has 1 aliphatic carbocycles. The first kappa shape index (κ1) is 19.6. The van der Waals surface area contributed by atoms with Gasteiger partial charge in [-0.25, -0.2) is 0 Å². The first-order valence-corrected chi connectivity index (χ1v) is 10.5. The molecular formula is C26H29NO2. The summed E-state index contributed by atoms with van der Waals surface area (Å²) in [6, 6.07) is 16.3. The Hall–Kier alpha value is -2.68. The zero-order valence-electron chi connectivity index (χ0n) is 17.8. The fraction of sp³-hybridized carbons (Fsp3) is 0.385. The summed E-state index contributed by atoms with van der Waals surface area (Å²) in [6.45, 7) is 8.41. The first-order chi connectivity index (χ1) is 13.8. The third-order valence-corrected chi connectivity index (χ3v) is 6.24. The van der Waals surface area contributed by atoms with E-state index in [1.165, 1.54) is 5.56 Å². The van der Waals surface area contributed by atoms with Crippen LogP contribution in [-0.2, 0) is 16.0 Å². The molecule has 1 atom stereocenters. The van der Waals surface area contributed by atoms with Crippen LogP contribution in [0.25, 0.3) is 0 Å². The van der Waals surface area contributed by atoms with Crippen LogP contribution in [-0.4, -0.2) is 11.7 Å². The van der Waals surface area contributed by atoms with E-state index in [9.17, 15) is 9.59 Å². The van der Waals surface area contributed by atoms with Crippen molar-refractivity contribution in [1.82, 2.24) is 0 Å². The predicted molar refractivity (Wildman–Crippen MR) is 117 cm³/mol. The van der Waals surface area contributed by atoms with E-state index in [0.29, 0.717) is 12.8 Å². The molecule has 2 aliphatic rings. The SMILES string of the molecule is CCc1ccccc1N1C(=O)CC(c2ccc(C)cc2)C2=C1CC(C)(C)CC2=O. The number of Topliss-reactive ketones (excluding diaryl/α,β-unsaturated/α-hetero) is 1. The number of amides is 1. The van der Waals surface area contributed by atoms with Crippen LogP contribution in [0.2, 0.25) is 0 Å². The Balaban J connectivity index is 1.91. The second-order valence-electron chi connectivity index (χ2n) is 9.18. The molecular weight excluding hydrogens is 358 g/mol. The van der Waals surface area contributed by atoms with Crippen LogP contribution >= 0.6 is 0 Å². The molecule has 0 radical (unpaired) electrons. The van der Waals surface area contributed by atoms with Crippen LogP contribution in [0.3, 0.4) is 0 Å². The van der Waals surface area contributed by atoms with Gasteiger partial charge in [-0.2, -0.15) is 0 Å². The summed E-state index contributed by atoms with van der Waals surface area (Å²) < 4.78 is 0. The van der Waals surface area contributed by atoms with Gasteiger partial charge in [-0.05, 0) is 42.4 Å². The van der Waals surface area contributed by atoms with E-state index in [2.05, 4.69) is 58.0 Å². The molecule has 0 saturated heterocycles. The van der Waals surface area contributed by atoms with Gasteiger partial charge in [-0.1, -0.05) is 68.8 Å². The number of ketones is 1. The Bertz CT molecular complexity index is 998. The largest absolute Gasteiger partial charge is 0.294 e. The molecule has 0 fully saturated rings. The number of aryl methyl sites for hydroxylation is 2. The fourth-order valence-electron chi connectivity index (χ4n) is 4.81. The first-order valence-electron chi connectivity index (χ1n) is 10.5. The number of hydrogen-bond donors (Lipinski definition) is 0. The van der Waals surface area contributed by atoms with Crippen LogP contribution in [0.1, 0.15) is 62.6 Å². The van der Waals surface area contributed by atoms with E-state index in [1.54, 1.807) is 0 Å². The molecule has 1 heterocycles. The smallest absolute Gasteiger partial charge is 0.232 e. The minimum Gasteiger partial charge on any atom is -0.294 e. The van der Waals surface area contributed by atoms with E-state index in [-0.39, 0.29) is 23.0 Å². The minimum absolute atomic E-state index is 0.0840. The maximum atomic E-state index is 13.5. The van der Waals surface area contributed by atoms with Gasteiger partial charge in [0, 0.05) is 30.0 Å². The maximum absolute atomic E-state index is 13.5. The Labute approximate surface area is 173 Å². The summed E-state index contributed by atoms with van der Waals surface area (Å²) in [6.07, 6.45) is 2.46. The standard InChI is InChI=1S/C26H29NO2/c1-5-18-8-6-7-9-21(18)27-22-15-26(3,4)16-23(28)25(22)20(14-24(27)29)19-12-10-17(2)11-13-19/h6-13,20H,5,14-16H2,1-4H3. The summed E-state index contributed by atoms with van der Waals surface area (Å²) in [7, 11) is 0. The third kappa shape index (κ3) is 3.55. The molecule has 0 N–H and O–H groups in total. The highest BCUT2D eigenvalue weighted by atomic mass is 16.2. The molecule has 2 aromatic carbocycles. The van der Waals surface area contributed by atoms with E-state index in [1.807, 2.05) is 23.1 Å². The van der Waals surface area contributed by atoms with E-state index < -0.39 is 0 Å². The van der Waals surface area contributed by atoms with Gasteiger partial charge in [-0.3, -0.25) is 14.5 Å². The highest BCUT2D eigenvalue weighted by Crippen LogP contribution is 2.48. The number of carbonyl (C=O) groups is 2.